The van der Waals surface area contributed by atoms with Crippen molar-refractivity contribution in [3.8, 4) is 0 Å². The van der Waals surface area contributed by atoms with Gasteiger partial charge in [0.25, 0.3) is 0 Å². The summed E-state index contributed by atoms with van der Waals surface area (Å²) in [5.41, 5.74) is 1.62. The molecule has 218 valence electrons. The monoisotopic (exact) mass is 566 g/mol. The molecule has 41 heavy (non-hydrogen) atoms. The van der Waals surface area contributed by atoms with E-state index in [4.69, 9.17) is 9.47 Å². The zero-order valence-corrected chi connectivity index (χ0v) is 23.1. The third-order valence-electron chi connectivity index (χ3n) is 7.42. The summed E-state index contributed by atoms with van der Waals surface area (Å²) in [6, 6.07) is 20.5. The maximum atomic E-state index is 13.7. The van der Waals surface area contributed by atoms with Crippen molar-refractivity contribution in [3.05, 3.63) is 83.9 Å². The molecule has 1 unspecified atom stereocenters. The fourth-order valence-corrected chi connectivity index (χ4v) is 5.20. The van der Waals surface area contributed by atoms with Crippen molar-refractivity contribution >= 4 is 28.7 Å². The quantitative estimate of drug-likeness (QED) is 0.280. The number of benzene rings is 3. The highest BCUT2D eigenvalue weighted by Gasteiger charge is 2.37. The number of alkyl halides is 2. The number of halogens is 2. The van der Waals surface area contributed by atoms with Crippen LogP contribution in [0.3, 0.4) is 0 Å². The minimum absolute atomic E-state index is 0.0209. The molecule has 0 saturated heterocycles. The third-order valence-corrected chi connectivity index (χ3v) is 7.42. The van der Waals surface area contributed by atoms with Gasteiger partial charge in [0.05, 0.1) is 6.61 Å². The Labute approximate surface area is 238 Å². The lowest BCUT2D eigenvalue weighted by atomic mass is 9.83. The second-order valence-corrected chi connectivity index (χ2v) is 10.4. The van der Waals surface area contributed by atoms with Crippen molar-refractivity contribution in [2.24, 2.45) is 5.92 Å². The molecule has 0 spiro atoms. The molecule has 1 fully saturated rings. The molecule has 2 atom stereocenters. The summed E-state index contributed by atoms with van der Waals surface area (Å²) in [7, 11) is 0. The summed E-state index contributed by atoms with van der Waals surface area (Å²) >= 11 is 0. The molecular formula is C32H36F2N2O5. The van der Waals surface area contributed by atoms with Crippen LogP contribution in [0.4, 0.5) is 13.6 Å². The van der Waals surface area contributed by atoms with E-state index in [1.807, 2.05) is 72.8 Å². The van der Waals surface area contributed by atoms with E-state index in [-0.39, 0.29) is 57.7 Å². The minimum Gasteiger partial charge on any atom is -0.464 e. The lowest BCUT2D eigenvalue weighted by Crippen LogP contribution is -2.53. The molecule has 3 aromatic carbocycles. The summed E-state index contributed by atoms with van der Waals surface area (Å²) in [5.74, 6) is -4.08. The van der Waals surface area contributed by atoms with Gasteiger partial charge in [-0.05, 0) is 54.0 Å². The maximum Gasteiger partial charge on any atom is 0.408 e. The second-order valence-electron chi connectivity index (χ2n) is 10.4. The number of hydrogen-bond acceptors (Lipinski definition) is 5. The van der Waals surface area contributed by atoms with Crippen LogP contribution in [0, 0.1) is 5.92 Å². The van der Waals surface area contributed by atoms with Crippen LogP contribution < -0.4 is 10.6 Å². The molecule has 0 bridgehead atoms. The van der Waals surface area contributed by atoms with Gasteiger partial charge < -0.3 is 20.1 Å². The van der Waals surface area contributed by atoms with Crippen molar-refractivity contribution < 1.29 is 32.6 Å². The van der Waals surface area contributed by atoms with E-state index in [1.165, 1.54) is 0 Å². The molecule has 0 aliphatic heterocycles. The Morgan fingerprint density at radius 3 is 2.29 bits per heavy atom. The first-order valence-electron chi connectivity index (χ1n) is 14.0. The summed E-state index contributed by atoms with van der Waals surface area (Å²) < 4.78 is 38.0. The van der Waals surface area contributed by atoms with Gasteiger partial charge in [0.1, 0.15) is 18.7 Å². The summed E-state index contributed by atoms with van der Waals surface area (Å²) in [6.45, 7) is 1.79. The third kappa shape index (κ3) is 8.74. The predicted molar refractivity (Wildman–Crippen MR) is 151 cm³/mol. The van der Waals surface area contributed by atoms with Gasteiger partial charge in [0, 0.05) is 19.3 Å². The maximum absolute atomic E-state index is 13.7. The van der Waals surface area contributed by atoms with Gasteiger partial charge in [0.2, 0.25) is 11.8 Å². The Morgan fingerprint density at radius 2 is 1.56 bits per heavy atom. The van der Waals surface area contributed by atoms with E-state index in [0.717, 1.165) is 21.9 Å². The van der Waals surface area contributed by atoms with Gasteiger partial charge in [0.15, 0.2) is 0 Å². The fourth-order valence-electron chi connectivity index (χ4n) is 5.20. The van der Waals surface area contributed by atoms with Gasteiger partial charge in [-0.3, -0.25) is 4.79 Å². The summed E-state index contributed by atoms with van der Waals surface area (Å²) in [5, 5.41) is 7.32. The van der Waals surface area contributed by atoms with E-state index >= 15 is 0 Å². The number of nitrogens with one attached hydrogen (secondary N) is 2. The normalized spacial score (nSPS) is 16.4. The van der Waals surface area contributed by atoms with Crippen LogP contribution in [0.2, 0.25) is 0 Å². The van der Waals surface area contributed by atoms with Gasteiger partial charge in [-0.2, -0.15) is 0 Å². The largest absolute Gasteiger partial charge is 0.464 e. The van der Waals surface area contributed by atoms with Gasteiger partial charge in [-0.25, -0.2) is 18.4 Å². The van der Waals surface area contributed by atoms with Gasteiger partial charge in [-0.1, -0.05) is 72.8 Å². The number of carbonyl (C=O) groups is 3. The van der Waals surface area contributed by atoms with Crippen LogP contribution in [-0.2, 0) is 32.1 Å². The van der Waals surface area contributed by atoms with Gasteiger partial charge >= 0.3 is 12.1 Å². The number of amides is 2. The van der Waals surface area contributed by atoms with Crippen molar-refractivity contribution in [3.63, 3.8) is 0 Å². The molecule has 2 N–H and O–H groups in total. The second kappa shape index (κ2) is 14.1. The number of carbonyl (C=O) groups excluding carboxylic acids is 3. The average Bonchev–Trinajstić information content (AvgIpc) is 2.97. The zero-order chi connectivity index (χ0) is 29.2. The first-order valence-corrected chi connectivity index (χ1v) is 14.0. The smallest absolute Gasteiger partial charge is 0.408 e. The number of alkyl carbamates (subject to hydrolysis) is 1. The number of fused-ring (bicyclic) bond motifs is 1. The first-order chi connectivity index (χ1) is 19.7. The van der Waals surface area contributed by atoms with Crippen LogP contribution in [0.15, 0.2) is 72.8 Å². The first kappa shape index (κ1) is 30.0. The molecule has 3 aromatic rings. The number of rotatable bonds is 11. The van der Waals surface area contributed by atoms with Crippen molar-refractivity contribution in [1.29, 1.82) is 0 Å². The number of esters is 1. The van der Waals surface area contributed by atoms with E-state index in [2.05, 4.69) is 10.6 Å². The van der Waals surface area contributed by atoms with Crippen LogP contribution in [0.5, 0.6) is 0 Å². The molecule has 9 heteroatoms. The number of ether oxygens (including phenoxy) is 2. The molecule has 7 nitrogen and oxygen atoms in total. The Kier molecular flexibility index (Phi) is 10.3. The Hall–Kier alpha value is -4.01. The lowest BCUT2D eigenvalue weighted by molar-refractivity contribution is -0.148. The van der Waals surface area contributed by atoms with E-state index < -0.39 is 36.0 Å². The molecular weight excluding hydrogens is 530 g/mol. The van der Waals surface area contributed by atoms with E-state index in [1.54, 1.807) is 6.92 Å². The topological polar surface area (TPSA) is 93.7 Å². The van der Waals surface area contributed by atoms with E-state index in [9.17, 15) is 23.2 Å². The Balaban J connectivity index is 1.51. The molecule has 4 rings (SSSR count). The zero-order valence-electron chi connectivity index (χ0n) is 23.1. The molecule has 1 aliphatic rings. The standard InChI is InChI=1S/C32H36F2N2O5/c1-2-40-30(38)28(19-22-15-17-32(33,34)18-16-22)35-29(37)27(36-31(39)41-21-23-9-4-3-5-10-23)20-25-13-8-12-24-11-6-7-14-26(24)25/h3-14,22,27-28H,2,15-21H2,1H3,(H,35,37)(H,36,39)/t27-,28?/m0/s1. The highest BCUT2D eigenvalue weighted by atomic mass is 19.3. The average molecular weight is 567 g/mol. The molecule has 0 aromatic heterocycles. The molecule has 0 radical (unpaired) electrons. The predicted octanol–water partition coefficient (Wildman–Crippen LogP) is 5.94. The Bertz CT molecular complexity index is 1320. The van der Waals surface area contributed by atoms with Crippen LogP contribution >= 0.6 is 0 Å². The molecule has 2 amide bonds. The molecule has 1 saturated carbocycles. The summed E-state index contributed by atoms with van der Waals surface area (Å²) in [4.78, 5) is 39.3. The van der Waals surface area contributed by atoms with Gasteiger partial charge in [-0.15, -0.1) is 0 Å². The lowest BCUT2D eigenvalue weighted by Gasteiger charge is -2.31. The minimum atomic E-state index is -2.70. The van der Waals surface area contributed by atoms with Crippen LogP contribution in [-0.4, -0.2) is 42.6 Å². The number of hydrogen-bond donors (Lipinski definition) is 2. The van der Waals surface area contributed by atoms with Crippen molar-refractivity contribution in [2.75, 3.05) is 6.61 Å². The Morgan fingerprint density at radius 1 is 0.878 bits per heavy atom. The van der Waals surface area contributed by atoms with Crippen LogP contribution in [0.25, 0.3) is 10.8 Å². The van der Waals surface area contributed by atoms with Crippen LogP contribution in [0.1, 0.15) is 50.2 Å². The highest BCUT2D eigenvalue weighted by molar-refractivity contribution is 5.91. The molecule has 0 heterocycles. The SMILES string of the molecule is CCOC(=O)C(CC1CCC(F)(F)CC1)NC(=O)[C@H](Cc1cccc2ccccc12)NC(=O)OCc1ccccc1. The highest BCUT2D eigenvalue weighted by Crippen LogP contribution is 2.38. The molecule has 1 aliphatic carbocycles. The summed E-state index contributed by atoms with van der Waals surface area (Å²) in [6.07, 6.45) is -0.459. The fraction of sp³-hybridized carbons (Fsp3) is 0.406. The van der Waals surface area contributed by atoms with Crippen molar-refractivity contribution in [2.45, 2.75) is 70.1 Å². The van der Waals surface area contributed by atoms with E-state index in [0.29, 0.717) is 0 Å². The van der Waals surface area contributed by atoms with Crippen molar-refractivity contribution in [1.82, 2.24) is 10.6 Å².